The molecular weight excluding hydrogens is 260 g/mol. The van der Waals surface area contributed by atoms with Gasteiger partial charge in [0.25, 0.3) is 0 Å². The Morgan fingerprint density at radius 2 is 1.50 bits per heavy atom. The van der Waals surface area contributed by atoms with Crippen LogP contribution in [0.25, 0.3) is 11.0 Å². The summed E-state index contributed by atoms with van der Waals surface area (Å²) in [6, 6.07) is 9.26. The minimum absolute atomic E-state index is 0.0521. The van der Waals surface area contributed by atoms with Gasteiger partial charge in [-0.1, -0.05) is 12.1 Å². The van der Waals surface area contributed by atoms with E-state index in [4.69, 9.17) is 4.42 Å². The van der Waals surface area contributed by atoms with Crippen LogP contribution in [-0.4, -0.2) is 20.4 Å². The molecule has 102 valence electrons. The van der Waals surface area contributed by atoms with Gasteiger partial charge in [-0.05, 0) is 29.8 Å². The Morgan fingerprint density at radius 1 is 0.800 bits per heavy atom. The first-order valence-corrected chi connectivity index (χ1v) is 5.99. The second kappa shape index (κ2) is 4.38. The first kappa shape index (κ1) is 12.2. The van der Waals surface area contributed by atoms with Crippen molar-refractivity contribution in [2.45, 2.75) is 6.42 Å². The maximum Gasteiger partial charge on any atom is 0.201 e. The molecule has 0 radical (unpaired) electrons. The van der Waals surface area contributed by atoms with E-state index < -0.39 is 5.75 Å². The molecule has 0 amide bonds. The normalized spacial score (nSPS) is 11.0. The summed E-state index contributed by atoms with van der Waals surface area (Å²) in [5.74, 6) is -0.322. The lowest BCUT2D eigenvalue weighted by Gasteiger charge is -1.99. The van der Waals surface area contributed by atoms with Gasteiger partial charge in [0.05, 0.1) is 5.39 Å². The second-order valence-electron chi connectivity index (χ2n) is 4.53. The number of hydrogen-bond acceptors (Lipinski definition) is 5. The van der Waals surface area contributed by atoms with Gasteiger partial charge in [0.1, 0.15) is 5.75 Å². The summed E-state index contributed by atoms with van der Waals surface area (Å²) in [5, 5.41) is 38.8. The Hall–Kier alpha value is -2.82. The molecule has 0 fully saturated rings. The monoisotopic (exact) mass is 272 g/mol. The molecule has 0 unspecified atom stereocenters. The molecule has 0 aliphatic heterocycles. The van der Waals surface area contributed by atoms with Crippen molar-refractivity contribution >= 4 is 11.0 Å². The number of furan rings is 1. The van der Waals surface area contributed by atoms with Crippen LogP contribution in [0.1, 0.15) is 11.3 Å². The molecular formula is C15H12O5. The van der Waals surface area contributed by atoms with Gasteiger partial charge in [0.15, 0.2) is 22.8 Å². The standard InChI is InChI=1S/C15H12O5/c16-9-3-1-8(2-4-9)7-12-13(18)10-5-6-11(17)14(19)15(10)20-12/h1-6,16-19H,7H2. The van der Waals surface area contributed by atoms with Crippen LogP contribution in [0.4, 0.5) is 0 Å². The zero-order valence-electron chi connectivity index (χ0n) is 10.4. The van der Waals surface area contributed by atoms with Crippen molar-refractivity contribution in [1.82, 2.24) is 0 Å². The fraction of sp³-hybridized carbons (Fsp3) is 0.0667. The van der Waals surface area contributed by atoms with E-state index in [2.05, 4.69) is 0 Å². The molecule has 20 heavy (non-hydrogen) atoms. The second-order valence-corrected chi connectivity index (χ2v) is 4.53. The summed E-state index contributed by atoms with van der Waals surface area (Å²) in [6.45, 7) is 0. The third kappa shape index (κ3) is 1.89. The summed E-state index contributed by atoms with van der Waals surface area (Å²) < 4.78 is 5.42. The van der Waals surface area contributed by atoms with E-state index in [0.717, 1.165) is 5.56 Å². The topological polar surface area (TPSA) is 94.1 Å². The lowest BCUT2D eigenvalue weighted by molar-refractivity contribution is 0.397. The van der Waals surface area contributed by atoms with Crippen LogP contribution in [0, 0.1) is 0 Å². The average molecular weight is 272 g/mol. The molecule has 1 heterocycles. The van der Waals surface area contributed by atoms with Crippen molar-refractivity contribution in [2.24, 2.45) is 0 Å². The van der Waals surface area contributed by atoms with E-state index in [1.54, 1.807) is 24.3 Å². The van der Waals surface area contributed by atoms with Gasteiger partial charge in [0, 0.05) is 6.42 Å². The van der Waals surface area contributed by atoms with Crippen molar-refractivity contribution in [3.05, 3.63) is 47.7 Å². The number of hydrogen-bond donors (Lipinski definition) is 4. The van der Waals surface area contributed by atoms with Crippen LogP contribution in [-0.2, 0) is 6.42 Å². The van der Waals surface area contributed by atoms with Crippen LogP contribution in [0.15, 0.2) is 40.8 Å². The van der Waals surface area contributed by atoms with Gasteiger partial charge < -0.3 is 24.8 Å². The lowest BCUT2D eigenvalue weighted by atomic mass is 10.1. The number of benzene rings is 2. The van der Waals surface area contributed by atoms with E-state index >= 15 is 0 Å². The van der Waals surface area contributed by atoms with Gasteiger partial charge in [-0.2, -0.15) is 0 Å². The van der Waals surface area contributed by atoms with E-state index in [0.29, 0.717) is 11.8 Å². The highest BCUT2D eigenvalue weighted by molar-refractivity contribution is 5.91. The minimum atomic E-state index is -0.394. The minimum Gasteiger partial charge on any atom is -0.508 e. The molecule has 5 heteroatoms. The first-order chi connectivity index (χ1) is 9.56. The van der Waals surface area contributed by atoms with Crippen molar-refractivity contribution < 1.29 is 24.8 Å². The Bertz CT molecular complexity index is 771. The van der Waals surface area contributed by atoms with E-state index in [-0.39, 0.29) is 28.6 Å². The highest BCUT2D eigenvalue weighted by atomic mass is 16.4. The van der Waals surface area contributed by atoms with Crippen LogP contribution in [0.3, 0.4) is 0 Å². The molecule has 1 aromatic heterocycles. The number of rotatable bonds is 2. The van der Waals surface area contributed by atoms with Crippen molar-refractivity contribution in [3.8, 4) is 23.0 Å². The molecule has 0 saturated heterocycles. The Labute approximate surface area is 114 Å². The molecule has 0 spiro atoms. The largest absolute Gasteiger partial charge is 0.508 e. The zero-order chi connectivity index (χ0) is 14.3. The van der Waals surface area contributed by atoms with Gasteiger partial charge in [-0.3, -0.25) is 0 Å². The number of fused-ring (bicyclic) bond motifs is 1. The van der Waals surface area contributed by atoms with Crippen molar-refractivity contribution in [1.29, 1.82) is 0 Å². The molecule has 0 atom stereocenters. The lowest BCUT2D eigenvalue weighted by Crippen LogP contribution is -1.85. The Morgan fingerprint density at radius 3 is 2.20 bits per heavy atom. The number of phenolic OH excluding ortho intramolecular Hbond substituents is 3. The fourth-order valence-corrected chi connectivity index (χ4v) is 2.09. The smallest absolute Gasteiger partial charge is 0.201 e. The van der Waals surface area contributed by atoms with Gasteiger partial charge in [-0.15, -0.1) is 0 Å². The average Bonchev–Trinajstić information content (AvgIpc) is 2.75. The maximum absolute atomic E-state index is 10.1. The van der Waals surface area contributed by atoms with Crippen LogP contribution >= 0.6 is 0 Å². The van der Waals surface area contributed by atoms with E-state index in [1.807, 2.05) is 0 Å². The maximum atomic E-state index is 10.1. The third-order valence-corrected chi connectivity index (χ3v) is 3.16. The van der Waals surface area contributed by atoms with Crippen molar-refractivity contribution in [3.63, 3.8) is 0 Å². The first-order valence-electron chi connectivity index (χ1n) is 5.99. The Kier molecular flexibility index (Phi) is 2.68. The summed E-state index contributed by atoms with van der Waals surface area (Å²) >= 11 is 0. The fourth-order valence-electron chi connectivity index (χ4n) is 2.09. The summed E-state index contributed by atoms with van der Waals surface area (Å²) in [7, 11) is 0. The van der Waals surface area contributed by atoms with Crippen LogP contribution in [0.5, 0.6) is 23.0 Å². The molecule has 0 aliphatic carbocycles. The highest BCUT2D eigenvalue weighted by Crippen LogP contribution is 2.41. The summed E-state index contributed by atoms with van der Waals surface area (Å²) in [5.41, 5.74) is 0.886. The van der Waals surface area contributed by atoms with E-state index in [9.17, 15) is 20.4 Å². The van der Waals surface area contributed by atoms with Crippen molar-refractivity contribution in [2.75, 3.05) is 0 Å². The molecule has 2 aromatic carbocycles. The van der Waals surface area contributed by atoms with Crippen LogP contribution in [0.2, 0.25) is 0 Å². The highest BCUT2D eigenvalue weighted by Gasteiger charge is 2.18. The molecule has 4 N–H and O–H groups in total. The molecule has 0 aliphatic rings. The third-order valence-electron chi connectivity index (χ3n) is 3.16. The van der Waals surface area contributed by atoms with Gasteiger partial charge in [0.2, 0.25) is 5.75 Å². The number of phenols is 3. The summed E-state index contributed by atoms with van der Waals surface area (Å²) in [4.78, 5) is 0. The quantitative estimate of drug-likeness (QED) is 0.538. The summed E-state index contributed by atoms with van der Waals surface area (Å²) in [6.07, 6.45) is 0.307. The van der Waals surface area contributed by atoms with Gasteiger partial charge >= 0.3 is 0 Å². The van der Waals surface area contributed by atoms with E-state index in [1.165, 1.54) is 12.1 Å². The molecule has 5 nitrogen and oxygen atoms in total. The van der Waals surface area contributed by atoms with Gasteiger partial charge in [-0.25, -0.2) is 0 Å². The SMILES string of the molecule is Oc1ccc(Cc2oc3c(O)c(O)ccc3c2O)cc1. The number of aromatic hydroxyl groups is 4. The van der Waals surface area contributed by atoms with Crippen LogP contribution < -0.4 is 0 Å². The Balaban J connectivity index is 2.06. The molecule has 0 saturated carbocycles. The zero-order valence-corrected chi connectivity index (χ0v) is 10.4. The molecule has 0 bridgehead atoms. The molecule has 3 aromatic rings. The molecule has 3 rings (SSSR count). The predicted molar refractivity (Wildman–Crippen MR) is 72.1 cm³/mol. The predicted octanol–water partition coefficient (Wildman–Crippen LogP) is 2.85.